The second kappa shape index (κ2) is 6.07. The summed E-state index contributed by atoms with van der Waals surface area (Å²) in [5, 5.41) is 3.66. The predicted octanol–water partition coefficient (Wildman–Crippen LogP) is 4.07. The van der Waals surface area contributed by atoms with E-state index in [2.05, 4.69) is 15.3 Å². The number of carbonyl (C=O) groups excluding carboxylic acids is 1. The molecule has 0 radical (unpaired) electrons. The molecular formula is C17H15N3OS. The van der Waals surface area contributed by atoms with Crippen LogP contribution in [0.2, 0.25) is 0 Å². The predicted molar refractivity (Wildman–Crippen MR) is 89.2 cm³/mol. The van der Waals surface area contributed by atoms with E-state index >= 15 is 0 Å². The van der Waals surface area contributed by atoms with Crippen LogP contribution < -0.4 is 5.32 Å². The molecule has 0 fully saturated rings. The van der Waals surface area contributed by atoms with E-state index in [0.29, 0.717) is 4.88 Å². The van der Waals surface area contributed by atoms with Gasteiger partial charge in [-0.05, 0) is 38.1 Å². The average molecular weight is 309 g/mol. The molecule has 22 heavy (non-hydrogen) atoms. The summed E-state index contributed by atoms with van der Waals surface area (Å²) in [4.78, 5) is 21.7. The average Bonchev–Trinajstić information content (AvgIpc) is 2.92. The van der Waals surface area contributed by atoms with E-state index in [0.717, 1.165) is 27.6 Å². The van der Waals surface area contributed by atoms with Gasteiger partial charge in [0.2, 0.25) is 0 Å². The molecule has 0 saturated heterocycles. The molecule has 0 unspecified atom stereocenters. The number of anilines is 1. The molecule has 0 aliphatic heterocycles. The van der Waals surface area contributed by atoms with Crippen LogP contribution in [-0.2, 0) is 0 Å². The molecule has 1 amide bonds. The van der Waals surface area contributed by atoms with Gasteiger partial charge in [-0.25, -0.2) is 4.98 Å². The zero-order chi connectivity index (χ0) is 15.5. The van der Waals surface area contributed by atoms with Crippen molar-refractivity contribution >= 4 is 22.9 Å². The third-order valence-electron chi connectivity index (χ3n) is 3.20. The van der Waals surface area contributed by atoms with Gasteiger partial charge in [-0.1, -0.05) is 23.8 Å². The Morgan fingerprint density at radius 1 is 1.09 bits per heavy atom. The van der Waals surface area contributed by atoms with Gasteiger partial charge in [-0.15, -0.1) is 11.3 Å². The Morgan fingerprint density at radius 2 is 1.86 bits per heavy atom. The zero-order valence-electron chi connectivity index (χ0n) is 12.3. The van der Waals surface area contributed by atoms with Crippen molar-refractivity contribution in [3.05, 3.63) is 64.8 Å². The van der Waals surface area contributed by atoms with Crippen molar-refractivity contribution in [2.75, 3.05) is 5.32 Å². The molecule has 5 heteroatoms. The monoisotopic (exact) mass is 309 g/mol. The van der Waals surface area contributed by atoms with Crippen LogP contribution in [0.5, 0.6) is 0 Å². The molecule has 1 aromatic carbocycles. The van der Waals surface area contributed by atoms with E-state index in [-0.39, 0.29) is 5.91 Å². The van der Waals surface area contributed by atoms with Gasteiger partial charge in [0.05, 0.1) is 11.4 Å². The van der Waals surface area contributed by atoms with Crippen molar-refractivity contribution in [2.45, 2.75) is 13.8 Å². The highest BCUT2D eigenvalue weighted by Gasteiger charge is 2.16. The third-order valence-corrected chi connectivity index (χ3v) is 4.37. The number of aromatic nitrogens is 2. The van der Waals surface area contributed by atoms with E-state index in [1.165, 1.54) is 11.3 Å². The summed E-state index contributed by atoms with van der Waals surface area (Å²) in [6.45, 7) is 3.85. The Labute approximate surface area is 132 Å². The maximum Gasteiger partial charge on any atom is 0.267 e. The molecule has 0 aliphatic carbocycles. The summed E-state index contributed by atoms with van der Waals surface area (Å²) in [6, 6.07) is 13.4. The summed E-state index contributed by atoms with van der Waals surface area (Å²) < 4.78 is 0. The van der Waals surface area contributed by atoms with Crippen LogP contribution >= 0.6 is 11.3 Å². The number of rotatable bonds is 3. The second-order valence-electron chi connectivity index (χ2n) is 4.97. The Hall–Kier alpha value is -2.53. The number of amides is 1. The first kappa shape index (κ1) is 14.4. The van der Waals surface area contributed by atoms with Crippen LogP contribution in [0, 0.1) is 13.8 Å². The lowest BCUT2D eigenvalue weighted by Crippen LogP contribution is -2.11. The van der Waals surface area contributed by atoms with E-state index in [9.17, 15) is 4.79 Å². The minimum absolute atomic E-state index is 0.138. The van der Waals surface area contributed by atoms with Crippen molar-refractivity contribution in [1.82, 2.24) is 9.97 Å². The van der Waals surface area contributed by atoms with Gasteiger partial charge in [-0.3, -0.25) is 9.78 Å². The Kier molecular flexibility index (Phi) is 3.98. The summed E-state index contributed by atoms with van der Waals surface area (Å²) in [5.41, 5.74) is 3.44. The van der Waals surface area contributed by atoms with E-state index < -0.39 is 0 Å². The number of thiazole rings is 1. The number of benzene rings is 1. The highest BCUT2D eigenvalue weighted by Crippen LogP contribution is 2.27. The fourth-order valence-corrected chi connectivity index (χ4v) is 2.97. The lowest BCUT2D eigenvalue weighted by Gasteiger charge is -2.04. The Balaban J connectivity index is 1.84. The van der Waals surface area contributed by atoms with Crippen LogP contribution in [-0.4, -0.2) is 15.9 Å². The number of pyridine rings is 1. The first-order chi connectivity index (χ1) is 10.6. The lowest BCUT2D eigenvalue weighted by atomic mass is 10.2. The molecule has 3 aromatic rings. The van der Waals surface area contributed by atoms with Gasteiger partial charge in [0.1, 0.15) is 9.88 Å². The molecule has 2 heterocycles. The number of nitrogens with zero attached hydrogens (tertiary/aromatic N) is 2. The van der Waals surface area contributed by atoms with Crippen molar-refractivity contribution in [2.24, 2.45) is 0 Å². The summed E-state index contributed by atoms with van der Waals surface area (Å²) >= 11 is 1.36. The fourth-order valence-electron chi connectivity index (χ4n) is 2.03. The van der Waals surface area contributed by atoms with Crippen molar-refractivity contribution in [3.63, 3.8) is 0 Å². The zero-order valence-corrected chi connectivity index (χ0v) is 13.1. The molecule has 110 valence electrons. The fraction of sp³-hybridized carbons (Fsp3) is 0.118. The molecule has 0 saturated carbocycles. The molecular weight excluding hydrogens is 294 g/mol. The maximum absolute atomic E-state index is 12.4. The number of hydrogen-bond donors (Lipinski definition) is 1. The van der Waals surface area contributed by atoms with Crippen molar-refractivity contribution in [3.8, 4) is 10.7 Å². The third kappa shape index (κ3) is 3.04. The quantitative estimate of drug-likeness (QED) is 0.793. The number of hydrogen-bond acceptors (Lipinski definition) is 4. The highest BCUT2D eigenvalue weighted by atomic mass is 32.1. The topological polar surface area (TPSA) is 54.9 Å². The van der Waals surface area contributed by atoms with Gasteiger partial charge >= 0.3 is 0 Å². The summed E-state index contributed by atoms with van der Waals surface area (Å²) in [7, 11) is 0. The standard InChI is InChI=1S/C17H15N3OS/c1-11-6-8-13(9-7-11)20-16(21)15-12(2)19-17(22-15)14-5-3-4-10-18-14/h3-10H,1-2H3,(H,20,21). The lowest BCUT2D eigenvalue weighted by molar-refractivity contribution is 0.103. The van der Waals surface area contributed by atoms with E-state index in [1.807, 2.05) is 56.3 Å². The molecule has 4 nitrogen and oxygen atoms in total. The minimum atomic E-state index is -0.138. The van der Waals surface area contributed by atoms with Gasteiger partial charge in [-0.2, -0.15) is 0 Å². The molecule has 3 rings (SSSR count). The van der Waals surface area contributed by atoms with Crippen molar-refractivity contribution in [1.29, 1.82) is 0 Å². The Bertz CT molecular complexity index is 795. The molecule has 0 aliphatic rings. The summed E-state index contributed by atoms with van der Waals surface area (Å²) in [6.07, 6.45) is 1.72. The van der Waals surface area contributed by atoms with Gasteiger partial charge in [0.25, 0.3) is 5.91 Å². The van der Waals surface area contributed by atoms with Crippen LogP contribution in [0.1, 0.15) is 20.9 Å². The van der Waals surface area contributed by atoms with Gasteiger partial charge in [0.15, 0.2) is 0 Å². The first-order valence-electron chi connectivity index (χ1n) is 6.90. The van der Waals surface area contributed by atoms with E-state index in [4.69, 9.17) is 0 Å². The highest BCUT2D eigenvalue weighted by molar-refractivity contribution is 7.17. The van der Waals surface area contributed by atoms with Crippen molar-refractivity contribution < 1.29 is 4.79 Å². The molecule has 0 bridgehead atoms. The number of nitrogens with one attached hydrogen (secondary N) is 1. The van der Waals surface area contributed by atoms with Gasteiger partial charge < -0.3 is 5.32 Å². The van der Waals surface area contributed by atoms with E-state index in [1.54, 1.807) is 6.20 Å². The molecule has 1 N–H and O–H groups in total. The SMILES string of the molecule is Cc1ccc(NC(=O)c2sc(-c3ccccn3)nc2C)cc1. The number of carbonyl (C=O) groups is 1. The summed E-state index contributed by atoms with van der Waals surface area (Å²) in [5.74, 6) is -0.138. The van der Waals surface area contributed by atoms with Crippen LogP contribution in [0.25, 0.3) is 10.7 Å². The second-order valence-corrected chi connectivity index (χ2v) is 5.97. The number of aryl methyl sites for hydroxylation is 2. The normalized spacial score (nSPS) is 10.5. The van der Waals surface area contributed by atoms with Crippen LogP contribution in [0.15, 0.2) is 48.7 Å². The Morgan fingerprint density at radius 3 is 2.55 bits per heavy atom. The molecule has 0 spiro atoms. The van der Waals surface area contributed by atoms with Crippen LogP contribution in [0.4, 0.5) is 5.69 Å². The maximum atomic E-state index is 12.4. The first-order valence-corrected chi connectivity index (χ1v) is 7.72. The minimum Gasteiger partial charge on any atom is -0.321 e. The molecule has 2 aromatic heterocycles. The van der Waals surface area contributed by atoms with Gasteiger partial charge in [0, 0.05) is 11.9 Å². The smallest absolute Gasteiger partial charge is 0.267 e. The largest absolute Gasteiger partial charge is 0.321 e. The van der Waals surface area contributed by atoms with Crippen LogP contribution in [0.3, 0.4) is 0 Å². The molecule has 0 atom stereocenters.